The van der Waals surface area contributed by atoms with Crippen molar-refractivity contribution in [2.45, 2.75) is 13.3 Å². The van der Waals surface area contributed by atoms with Gasteiger partial charge < -0.3 is 6.13 Å². The fourth-order valence-corrected chi connectivity index (χ4v) is 1.60. The Kier molecular flexibility index (Phi) is 4.41. The standard InChI is InChI=1S/C8H8I2O2/c1-2-6-3-4-7(11-9)8(5-6)12-10/h3-5H,2H2,1H3. The SMILES string of the molecule is CCc1ccc(OI)c(OI)c1. The summed E-state index contributed by atoms with van der Waals surface area (Å²) < 4.78 is 10.2. The van der Waals surface area contributed by atoms with E-state index in [0.29, 0.717) is 0 Å². The highest BCUT2D eigenvalue weighted by atomic mass is 127. The Hall–Kier alpha value is 0.280. The van der Waals surface area contributed by atoms with Crippen LogP contribution in [0.1, 0.15) is 12.5 Å². The Bertz CT molecular complexity index is 263. The van der Waals surface area contributed by atoms with E-state index >= 15 is 0 Å². The molecule has 0 amide bonds. The fraction of sp³-hybridized carbons (Fsp3) is 0.250. The zero-order chi connectivity index (χ0) is 8.97. The van der Waals surface area contributed by atoms with Gasteiger partial charge in [-0.25, -0.2) is 0 Å². The van der Waals surface area contributed by atoms with Gasteiger partial charge in [0.2, 0.25) is 0 Å². The van der Waals surface area contributed by atoms with E-state index in [9.17, 15) is 0 Å². The van der Waals surface area contributed by atoms with Crippen LogP contribution < -0.4 is 6.13 Å². The third-order valence-corrected chi connectivity index (χ3v) is 2.53. The molecule has 0 unspecified atom stereocenters. The molecule has 4 heteroatoms. The summed E-state index contributed by atoms with van der Waals surface area (Å²) in [6.07, 6.45) is 1.01. The van der Waals surface area contributed by atoms with E-state index in [1.807, 2.05) is 64.2 Å². The highest BCUT2D eigenvalue weighted by molar-refractivity contribution is 14.1. The van der Waals surface area contributed by atoms with Crippen molar-refractivity contribution in [3.63, 3.8) is 0 Å². The summed E-state index contributed by atoms with van der Waals surface area (Å²) in [5.41, 5.74) is 1.25. The van der Waals surface area contributed by atoms with Crippen molar-refractivity contribution in [3.05, 3.63) is 23.8 Å². The molecule has 0 saturated heterocycles. The Morgan fingerprint density at radius 1 is 1.17 bits per heavy atom. The average Bonchev–Trinajstić information content (AvgIpc) is 2.16. The Morgan fingerprint density at radius 3 is 2.33 bits per heavy atom. The van der Waals surface area contributed by atoms with E-state index < -0.39 is 0 Å². The van der Waals surface area contributed by atoms with Crippen LogP contribution in [-0.4, -0.2) is 0 Å². The topological polar surface area (TPSA) is 18.5 Å². The maximum Gasteiger partial charge on any atom is 0.192 e. The molecule has 1 aromatic carbocycles. The molecular formula is C8H8I2O2. The molecule has 12 heavy (non-hydrogen) atoms. The zero-order valence-electron chi connectivity index (χ0n) is 6.51. The van der Waals surface area contributed by atoms with Gasteiger partial charge in [0, 0.05) is 0 Å². The largest absolute Gasteiger partial charge is 0.424 e. The van der Waals surface area contributed by atoms with Gasteiger partial charge in [0.15, 0.2) is 57.5 Å². The molecule has 0 atom stereocenters. The molecule has 0 N–H and O–H groups in total. The highest BCUT2D eigenvalue weighted by Gasteiger charge is 2.04. The molecule has 1 aromatic rings. The first kappa shape index (κ1) is 10.4. The molecule has 0 radical (unpaired) electrons. The summed E-state index contributed by atoms with van der Waals surface area (Å²) in [6, 6.07) is 5.94. The average molecular weight is 390 g/mol. The maximum absolute atomic E-state index is 5.12. The molecule has 0 aliphatic rings. The fourth-order valence-electron chi connectivity index (χ4n) is 0.896. The number of hydrogen-bond acceptors (Lipinski definition) is 2. The second kappa shape index (κ2) is 5.11. The molecule has 2 nitrogen and oxygen atoms in total. The van der Waals surface area contributed by atoms with E-state index in [1.54, 1.807) is 0 Å². The molecule has 0 spiro atoms. The quantitative estimate of drug-likeness (QED) is 0.734. The lowest BCUT2D eigenvalue weighted by Gasteiger charge is -2.05. The molecule has 0 saturated carbocycles. The molecule has 0 aromatic heterocycles. The predicted octanol–water partition coefficient (Wildman–Crippen LogP) is 3.71. The van der Waals surface area contributed by atoms with E-state index in [4.69, 9.17) is 6.13 Å². The van der Waals surface area contributed by atoms with E-state index in [1.165, 1.54) is 5.56 Å². The van der Waals surface area contributed by atoms with Gasteiger partial charge in [-0.3, -0.25) is 0 Å². The first-order valence-electron chi connectivity index (χ1n) is 3.52. The number of aryl methyl sites for hydroxylation is 1. The minimum atomic E-state index is 0.766. The third-order valence-electron chi connectivity index (χ3n) is 1.58. The minimum Gasteiger partial charge on any atom is -0.424 e. The number of benzene rings is 1. The number of hydrogen-bond donors (Lipinski definition) is 0. The van der Waals surface area contributed by atoms with Gasteiger partial charge in [-0.05, 0) is 24.1 Å². The maximum atomic E-state index is 5.12. The van der Waals surface area contributed by atoms with Gasteiger partial charge >= 0.3 is 0 Å². The van der Waals surface area contributed by atoms with Crippen molar-refractivity contribution < 1.29 is 6.13 Å². The van der Waals surface area contributed by atoms with Crippen molar-refractivity contribution in [2.75, 3.05) is 0 Å². The molecular weight excluding hydrogens is 382 g/mol. The van der Waals surface area contributed by atoms with Crippen LogP contribution in [0.15, 0.2) is 18.2 Å². The first-order chi connectivity index (χ1) is 5.81. The summed E-state index contributed by atoms with van der Waals surface area (Å²) in [5, 5.41) is 0. The van der Waals surface area contributed by atoms with E-state index in [-0.39, 0.29) is 0 Å². The predicted molar refractivity (Wildman–Crippen MR) is 65.1 cm³/mol. The second-order valence-electron chi connectivity index (χ2n) is 2.29. The number of rotatable bonds is 3. The summed E-state index contributed by atoms with van der Waals surface area (Å²) in [7, 11) is 0. The molecule has 0 aliphatic carbocycles. The zero-order valence-corrected chi connectivity index (χ0v) is 10.8. The lowest BCUT2D eigenvalue weighted by atomic mass is 10.1. The second-order valence-corrected chi connectivity index (χ2v) is 3.17. The van der Waals surface area contributed by atoms with E-state index in [2.05, 4.69) is 6.92 Å². The van der Waals surface area contributed by atoms with Gasteiger partial charge in [0.1, 0.15) is 0 Å². The van der Waals surface area contributed by atoms with Crippen LogP contribution in [0.4, 0.5) is 0 Å². The highest BCUT2D eigenvalue weighted by Crippen LogP contribution is 2.31. The van der Waals surface area contributed by atoms with Gasteiger partial charge in [0.25, 0.3) is 0 Å². The minimum absolute atomic E-state index is 0.766. The van der Waals surface area contributed by atoms with Crippen molar-refractivity contribution >= 4 is 46.0 Å². The van der Waals surface area contributed by atoms with Gasteiger partial charge in [-0.2, -0.15) is 0 Å². The van der Waals surface area contributed by atoms with Crippen LogP contribution in [-0.2, 0) is 6.42 Å². The van der Waals surface area contributed by atoms with Crippen LogP contribution in [0.5, 0.6) is 11.5 Å². The van der Waals surface area contributed by atoms with Crippen LogP contribution in [0, 0.1) is 0 Å². The van der Waals surface area contributed by atoms with Crippen LogP contribution in [0.25, 0.3) is 0 Å². The van der Waals surface area contributed by atoms with Crippen LogP contribution >= 0.6 is 46.0 Å². The molecule has 66 valence electrons. The summed E-state index contributed by atoms with van der Waals surface area (Å²) >= 11 is 3.69. The Balaban J connectivity index is 3.02. The molecule has 0 aliphatic heterocycles. The van der Waals surface area contributed by atoms with Crippen LogP contribution in [0.3, 0.4) is 0 Å². The normalized spacial score (nSPS) is 9.58. The van der Waals surface area contributed by atoms with E-state index in [0.717, 1.165) is 17.9 Å². The molecule has 1 rings (SSSR count). The van der Waals surface area contributed by atoms with Gasteiger partial charge in [0.05, 0.1) is 0 Å². The molecule has 0 bridgehead atoms. The van der Waals surface area contributed by atoms with Crippen molar-refractivity contribution in [3.8, 4) is 11.5 Å². The summed E-state index contributed by atoms with van der Waals surface area (Å²) in [6.45, 7) is 2.11. The van der Waals surface area contributed by atoms with Crippen LogP contribution in [0.2, 0.25) is 0 Å². The van der Waals surface area contributed by atoms with Crippen molar-refractivity contribution in [1.82, 2.24) is 0 Å². The lowest BCUT2D eigenvalue weighted by Crippen LogP contribution is -1.84. The van der Waals surface area contributed by atoms with Gasteiger partial charge in [-0.1, -0.05) is 13.0 Å². The molecule has 0 fully saturated rings. The number of halogens is 2. The monoisotopic (exact) mass is 390 g/mol. The van der Waals surface area contributed by atoms with Crippen molar-refractivity contribution in [2.24, 2.45) is 0 Å². The summed E-state index contributed by atoms with van der Waals surface area (Å²) in [4.78, 5) is 0. The smallest absolute Gasteiger partial charge is 0.192 e. The Morgan fingerprint density at radius 2 is 1.83 bits per heavy atom. The third kappa shape index (κ3) is 2.38. The lowest BCUT2D eigenvalue weighted by molar-refractivity contribution is 0.634. The summed E-state index contributed by atoms with van der Waals surface area (Å²) in [5.74, 6) is 1.55. The van der Waals surface area contributed by atoms with Crippen molar-refractivity contribution in [1.29, 1.82) is 0 Å². The first-order valence-corrected chi connectivity index (χ1v) is 5.28. The molecule has 0 heterocycles. The van der Waals surface area contributed by atoms with Gasteiger partial charge in [-0.15, -0.1) is 0 Å². The Labute approximate surface area is 100 Å².